The number of rotatable bonds is 7. The van der Waals surface area contributed by atoms with Crippen LogP contribution in [0.1, 0.15) is 24.5 Å². The van der Waals surface area contributed by atoms with Crippen LogP contribution in [0.4, 0.5) is 0 Å². The first kappa shape index (κ1) is 15.5. The molecule has 0 aromatic heterocycles. The van der Waals surface area contributed by atoms with Crippen molar-refractivity contribution in [3.63, 3.8) is 0 Å². The van der Waals surface area contributed by atoms with Crippen LogP contribution in [0, 0.1) is 6.92 Å². The van der Waals surface area contributed by atoms with Crippen LogP contribution in [0.3, 0.4) is 0 Å². The van der Waals surface area contributed by atoms with Crippen molar-refractivity contribution in [2.45, 2.75) is 26.8 Å². The van der Waals surface area contributed by atoms with Crippen molar-refractivity contribution >= 4 is 5.97 Å². The highest BCUT2D eigenvalue weighted by Crippen LogP contribution is 2.21. The molecule has 19 heavy (non-hydrogen) atoms. The molecule has 0 unspecified atom stereocenters. The maximum absolute atomic E-state index is 11.4. The number of hydrogen-bond acceptors (Lipinski definition) is 4. The van der Waals surface area contributed by atoms with E-state index >= 15 is 0 Å². The molecule has 1 aromatic rings. The summed E-state index contributed by atoms with van der Waals surface area (Å²) in [4.78, 5) is 13.5. The molecule has 0 heterocycles. The number of hydrogen-bond donors (Lipinski definition) is 0. The lowest BCUT2D eigenvalue weighted by Crippen LogP contribution is -2.31. The van der Waals surface area contributed by atoms with Crippen molar-refractivity contribution in [1.29, 1.82) is 0 Å². The number of nitrogens with zero attached hydrogens (tertiary/aromatic N) is 1. The first-order chi connectivity index (χ1) is 9.10. The van der Waals surface area contributed by atoms with Gasteiger partial charge in [0.2, 0.25) is 0 Å². The van der Waals surface area contributed by atoms with Gasteiger partial charge >= 0.3 is 5.97 Å². The maximum atomic E-state index is 11.4. The van der Waals surface area contributed by atoms with Gasteiger partial charge in [-0.2, -0.15) is 0 Å². The molecule has 0 spiro atoms. The number of benzene rings is 1. The number of esters is 1. The van der Waals surface area contributed by atoms with Crippen molar-refractivity contribution in [2.75, 3.05) is 27.3 Å². The molecule has 1 aromatic carbocycles. The predicted molar refractivity (Wildman–Crippen MR) is 75.3 cm³/mol. The highest BCUT2D eigenvalue weighted by Gasteiger charge is 2.13. The number of carbonyl (C=O) groups is 1. The van der Waals surface area contributed by atoms with Crippen LogP contribution in [0.25, 0.3) is 0 Å². The Kier molecular flexibility index (Phi) is 6.36. The largest absolute Gasteiger partial charge is 0.496 e. The normalized spacial score (nSPS) is 10.6. The number of carbonyl (C=O) groups excluding carboxylic acids is 1. The minimum atomic E-state index is -0.208. The fraction of sp³-hybridized carbons (Fsp3) is 0.533. The van der Waals surface area contributed by atoms with E-state index in [0.717, 1.165) is 24.3 Å². The van der Waals surface area contributed by atoms with Crippen molar-refractivity contribution in [1.82, 2.24) is 4.90 Å². The molecule has 0 bridgehead atoms. The molecule has 1 rings (SSSR count). The average molecular weight is 265 g/mol. The summed E-state index contributed by atoms with van der Waals surface area (Å²) in [5, 5.41) is 0. The zero-order chi connectivity index (χ0) is 14.3. The van der Waals surface area contributed by atoms with Gasteiger partial charge in [0.1, 0.15) is 5.75 Å². The summed E-state index contributed by atoms with van der Waals surface area (Å²) in [5.41, 5.74) is 2.28. The van der Waals surface area contributed by atoms with Gasteiger partial charge in [0.05, 0.1) is 20.8 Å². The van der Waals surface area contributed by atoms with Crippen LogP contribution in [0.5, 0.6) is 5.75 Å². The van der Waals surface area contributed by atoms with Gasteiger partial charge in [0, 0.05) is 12.1 Å². The van der Waals surface area contributed by atoms with Gasteiger partial charge < -0.3 is 9.47 Å². The van der Waals surface area contributed by atoms with Gasteiger partial charge in [-0.15, -0.1) is 0 Å². The molecule has 4 nitrogen and oxygen atoms in total. The third kappa shape index (κ3) is 4.91. The van der Waals surface area contributed by atoms with Gasteiger partial charge in [0.15, 0.2) is 0 Å². The highest BCUT2D eigenvalue weighted by molar-refractivity contribution is 5.71. The fourth-order valence-corrected chi connectivity index (χ4v) is 2.05. The second-order valence-corrected chi connectivity index (χ2v) is 4.60. The monoisotopic (exact) mass is 265 g/mol. The van der Waals surface area contributed by atoms with Crippen LogP contribution >= 0.6 is 0 Å². The quantitative estimate of drug-likeness (QED) is 0.710. The Morgan fingerprint density at radius 2 is 2.05 bits per heavy atom. The van der Waals surface area contributed by atoms with Crippen LogP contribution in [0.2, 0.25) is 0 Å². The lowest BCUT2D eigenvalue weighted by molar-refractivity contribution is -0.142. The van der Waals surface area contributed by atoms with E-state index in [2.05, 4.69) is 17.9 Å². The van der Waals surface area contributed by atoms with Crippen molar-refractivity contribution in [2.24, 2.45) is 0 Å². The molecule has 0 radical (unpaired) electrons. The summed E-state index contributed by atoms with van der Waals surface area (Å²) in [6.45, 7) is 5.99. The van der Waals surface area contributed by atoms with Crippen LogP contribution in [-0.4, -0.2) is 38.2 Å². The fourth-order valence-electron chi connectivity index (χ4n) is 2.05. The Hall–Kier alpha value is -1.55. The van der Waals surface area contributed by atoms with Gasteiger partial charge in [-0.1, -0.05) is 24.6 Å². The standard InChI is InChI=1S/C15H23NO3/c1-5-8-16(11-15(17)19-4)10-13-9-12(2)6-7-14(13)18-3/h6-7,9H,5,8,10-11H2,1-4H3. The Morgan fingerprint density at radius 1 is 1.32 bits per heavy atom. The van der Waals surface area contributed by atoms with E-state index < -0.39 is 0 Å². The molecule has 0 fully saturated rings. The molecular formula is C15H23NO3. The predicted octanol–water partition coefficient (Wildman–Crippen LogP) is 2.39. The van der Waals surface area contributed by atoms with E-state index in [9.17, 15) is 4.79 Å². The van der Waals surface area contributed by atoms with Crippen molar-refractivity contribution < 1.29 is 14.3 Å². The molecular weight excluding hydrogens is 242 g/mol. The Morgan fingerprint density at radius 3 is 2.63 bits per heavy atom. The number of ether oxygens (including phenoxy) is 2. The maximum Gasteiger partial charge on any atom is 0.319 e. The molecule has 0 aliphatic rings. The SMILES string of the molecule is CCCN(CC(=O)OC)Cc1cc(C)ccc1OC. The molecule has 0 amide bonds. The second kappa shape index (κ2) is 7.79. The first-order valence-electron chi connectivity index (χ1n) is 6.53. The molecule has 106 valence electrons. The van der Waals surface area contributed by atoms with E-state index in [1.807, 2.05) is 19.1 Å². The minimum absolute atomic E-state index is 0.208. The summed E-state index contributed by atoms with van der Waals surface area (Å²) < 4.78 is 10.1. The van der Waals surface area contributed by atoms with E-state index in [0.29, 0.717) is 13.1 Å². The third-order valence-corrected chi connectivity index (χ3v) is 2.95. The summed E-state index contributed by atoms with van der Waals surface area (Å²) in [6, 6.07) is 6.08. The van der Waals surface area contributed by atoms with Gasteiger partial charge in [-0.05, 0) is 26.0 Å². The Bertz CT molecular complexity index is 418. The van der Waals surface area contributed by atoms with E-state index in [1.165, 1.54) is 12.7 Å². The van der Waals surface area contributed by atoms with Crippen LogP contribution in [-0.2, 0) is 16.1 Å². The topological polar surface area (TPSA) is 38.8 Å². The third-order valence-electron chi connectivity index (χ3n) is 2.95. The van der Waals surface area contributed by atoms with Gasteiger partial charge in [0.25, 0.3) is 0 Å². The average Bonchev–Trinajstić information content (AvgIpc) is 2.39. The summed E-state index contributed by atoms with van der Waals surface area (Å²) in [7, 11) is 3.08. The molecule has 0 aliphatic heterocycles. The second-order valence-electron chi connectivity index (χ2n) is 4.60. The molecule has 0 saturated carbocycles. The smallest absolute Gasteiger partial charge is 0.319 e. The van der Waals surface area contributed by atoms with E-state index in [-0.39, 0.29) is 5.97 Å². The van der Waals surface area contributed by atoms with Crippen molar-refractivity contribution in [3.05, 3.63) is 29.3 Å². The Balaban J connectivity index is 2.82. The van der Waals surface area contributed by atoms with E-state index in [4.69, 9.17) is 9.47 Å². The molecule has 0 saturated heterocycles. The molecule has 0 atom stereocenters. The lowest BCUT2D eigenvalue weighted by atomic mass is 10.1. The minimum Gasteiger partial charge on any atom is -0.496 e. The van der Waals surface area contributed by atoms with Gasteiger partial charge in [-0.25, -0.2) is 0 Å². The lowest BCUT2D eigenvalue weighted by Gasteiger charge is -2.21. The van der Waals surface area contributed by atoms with Crippen LogP contribution < -0.4 is 4.74 Å². The van der Waals surface area contributed by atoms with Crippen molar-refractivity contribution in [3.8, 4) is 5.75 Å². The molecule has 4 heteroatoms. The summed E-state index contributed by atoms with van der Waals surface area (Å²) in [5.74, 6) is 0.650. The molecule has 0 N–H and O–H groups in total. The number of aryl methyl sites for hydroxylation is 1. The Labute approximate surface area is 115 Å². The highest BCUT2D eigenvalue weighted by atomic mass is 16.5. The van der Waals surface area contributed by atoms with E-state index in [1.54, 1.807) is 7.11 Å². The zero-order valence-electron chi connectivity index (χ0n) is 12.2. The summed E-state index contributed by atoms with van der Waals surface area (Å²) >= 11 is 0. The first-order valence-corrected chi connectivity index (χ1v) is 6.53. The summed E-state index contributed by atoms with van der Waals surface area (Å²) in [6.07, 6.45) is 0.991. The van der Waals surface area contributed by atoms with Crippen LogP contribution in [0.15, 0.2) is 18.2 Å². The molecule has 0 aliphatic carbocycles. The zero-order valence-corrected chi connectivity index (χ0v) is 12.2. The van der Waals surface area contributed by atoms with Gasteiger partial charge in [-0.3, -0.25) is 9.69 Å². The number of methoxy groups -OCH3 is 2.